The number of anilines is 1. The van der Waals surface area contributed by atoms with Crippen molar-refractivity contribution in [3.8, 4) is 0 Å². The van der Waals surface area contributed by atoms with Crippen LogP contribution in [0.2, 0.25) is 0 Å². The molecule has 0 unspecified atom stereocenters. The summed E-state index contributed by atoms with van der Waals surface area (Å²) in [4.78, 5) is 0. The normalized spacial score (nSPS) is 10.4. The molecular weight excluding hydrogens is 177 g/mol. The molecule has 4 heteroatoms. The number of hydrogen-bond acceptors (Lipinski definition) is 3. The lowest BCUT2D eigenvalue weighted by Crippen LogP contribution is -2.30. The van der Waals surface area contributed by atoms with Crippen molar-refractivity contribution < 1.29 is 10.0 Å². The van der Waals surface area contributed by atoms with Crippen LogP contribution in [0.15, 0.2) is 36.4 Å². The molecule has 14 heavy (non-hydrogen) atoms. The smallest absolute Gasteiger partial charge is 0.423 e. The van der Waals surface area contributed by atoms with Crippen LogP contribution in [0.4, 0.5) is 5.69 Å². The third-order valence-electron chi connectivity index (χ3n) is 2.27. The van der Waals surface area contributed by atoms with Crippen molar-refractivity contribution in [1.29, 1.82) is 0 Å². The minimum absolute atomic E-state index is 0.481. The van der Waals surface area contributed by atoms with E-state index in [2.05, 4.69) is 0 Å². The maximum Gasteiger partial charge on any atom is 0.489 e. The van der Waals surface area contributed by atoms with Gasteiger partial charge in [0.15, 0.2) is 0 Å². The van der Waals surface area contributed by atoms with E-state index in [-0.39, 0.29) is 0 Å². The van der Waals surface area contributed by atoms with Gasteiger partial charge in [0.2, 0.25) is 0 Å². The number of benzene rings is 2. The molecule has 0 fully saturated rings. The standard InChI is InChI=1S/C10H10BNO2/c12-10-6-5-9(11(13)14)7-3-1-2-4-8(7)10/h1-6,13-14H,12H2. The molecule has 0 saturated heterocycles. The van der Waals surface area contributed by atoms with E-state index < -0.39 is 7.12 Å². The highest BCUT2D eigenvalue weighted by molar-refractivity contribution is 6.62. The first kappa shape index (κ1) is 9.06. The SMILES string of the molecule is Nc1ccc(B(O)O)c2ccccc12. The van der Waals surface area contributed by atoms with Gasteiger partial charge in [-0.3, -0.25) is 0 Å². The maximum atomic E-state index is 9.13. The summed E-state index contributed by atoms with van der Waals surface area (Å²) in [5.74, 6) is 0. The number of hydrogen-bond donors (Lipinski definition) is 3. The van der Waals surface area contributed by atoms with Crippen molar-refractivity contribution in [3.63, 3.8) is 0 Å². The Morgan fingerprint density at radius 3 is 2.21 bits per heavy atom. The highest BCUT2D eigenvalue weighted by Crippen LogP contribution is 2.18. The van der Waals surface area contributed by atoms with E-state index in [1.165, 1.54) is 0 Å². The molecular formula is C10H10BNO2. The zero-order valence-corrected chi connectivity index (χ0v) is 7.51. The molecule has 4 N–H and O–H groups in total. The highest BCUT2D eigenvalue weighted by Gasteiger charge is 2.14. The van der Waals surface area contributed by atoms with Gasteiger partial charge in [0.05, 0.1) is 0 Å². The van der Waals surface area contributed by atoms with Gasteiger partial charge in [-0.05, 0) is 16.9 Å². The molecule has 0 atom stereocenters. The molecule has 0 radical (unpaired) electrons. The molecule has 70 valence electrons. The molecule has 0 bridgehead atoms. The van der Waals surface area contributed by atoms with E-state index in [0.717, 1.165) is 10.8 Å². The molecule has 0 aliphatic carbocycles. The molecule has 0 aliphatic heterocycles. The topological polar surface area (TPSA) is 66.5 Å². The maximum absolute atomic E-state index is 9.13. The van der Waals surface area contributed by atoms with E-state index in [4.69, 9.17) is 15.8 Å². The lowest BCUT2D eigenvalue weighted by molar-refractivity contribution is 0.426. The van der Waals surface area contributed by atoms with Crippen LogP contribution in [0, 0.1) is 0 Å². The minimum Gasteiger partial charge on any atom is -0.423 e. The number of rotatable bonds is 1. The van der Waals surface area contributed by atoms with E-state index in [9.17, 15) is 0 Å². The largest absolute Gasteiger partial charge is 0.489 e. The molecule has 0 amide bonds. The third kappa shape index (κ3) is 1.34. The van der Waals surface area contributed by atoms with Gasteiger partial charge in [0.25, 0.3) is 0 Å². The Morgan fingerprint density at radius 1 is 0.929 bits per heavy atom. The van der Waals surface area contributed by atoms with Crippen LogP contribution >= 0.6 is 0 Å². The van der Waals surface area contributed by atoms with Crippen LogP contribution < -0.4 is 11.2 Å². The Hall–Kier alpha value is -1.52. The van der Waals surface area contributed by atoms with E-state index >= 15 is 0 Å². The van der Waals surface area contributed by atoms with Gasteiger partial charge in [0, 0.05) is 11.1 Å². The quantitative estimate of drug-likeness (QED) is 0.438. The van der Waals surface area contributed by atoms with Gasteiger partial charge in [-0.15, -0.1) is 0 Å². The first-order valence-electron chi connectivity index (χ1n) is 4.33. The molecule has 2 aromatic carbocycles. The van der Waals surface area contributed by atoms with Gasteiger partial charge < -0.3 is 15.8 Å². The number of nitrogen functional groups attached to an aromatic ring is 1. The van der Waals surface area contributed by atoms with Crippen LogP contribution in [-0.4, -0.2) is 17.2 Å². The average molecular weight is 187 g/mol. The Kier molecular flexibility index (Phi) is 2.15. The van der Waals surface area contributed by atoms with Gasteiger partial charge in [-0.1, -0.05) is 30.3 Å². The molecule has 0 aliphatic rings. The van der Waals surface area contributed by atoms with Crippen molar-refractivity contribution in [2.75, 3.05) is 5.73 Å². The molecule has 0 spiro atoms. The van der Waals surface area contributed by atoms with Gasteiger partial charge in [-0.2, -0.15) is 0 Å². The zero-order valence-electron chi connectivity index (χ0n) is 7.51. The summed E-state index contributed by atoms with van der Waals surface area (Å²) in [6.45, 7) is 0. The summed E-state index contributed by atoms with van der Waals surface area (Å²) in [6.07, 6.45) is 0. The molecule has 0 saturated carbocycles. The summed E-state index contributed by atoms with van der Waals surface area (Å²) >= 11 is 0. The lowest BCUT2D eigenvalue weighted by Gasteiger charge is -2.07. The Morgan fingerprint density at radius 2 is 1.57 bits per heavy atom. The van der Waals surface area contributed by atoms with Crippen LogP contribution in [0.3, 0.4) is 0 Å². The summed E-state index contributed by atoms with van der Waals surface area (Å²) in [6, 6.07) is 10.7. The fourth-order valence-electron chi connectivity index (χ4n) is 1.57. The Bertz CT molecular complexity index is 471. The summed E-state index contributed by atoms with van der Waals surface area (Å²) in [7, 11) is -1.46. The predicted molar refractivity (Wildman–Crippen MR) is 58.2 cm³/mol. The highest BCUT2D eigenvalue weighted by atomic mass is 16.4. The number of nitrogens with two attached hydrogens (primary N) is 1. The van der Waals surface area contributed by atoms with E-state index in [1.807, 2.05) is 24.3 Å². The van der Waals surface area contributed by atoms with E-state index in [0.29, 0.717) is 11.2 Å². The second kappa shape index (κ2) is 3.33. The lowest BCUT2D eigenvalue weighted by atomic mass is 9.77. The molecule has 2 aromatic rings. The van der Waals surface area contributed by atoms with Crippen molar-refractivity contribution in [2.45, 2.75) is 0 Å². The van der Waals surface area contributed by atoms with Gasteiger partial charge in [0.1, 0.15) is 0 Å². The van der Waals surface area contributed by atoms with Crippen LogP contribution in [0.1, 0.15) is 0 Å². The first-order chi connectivity index (χ1) is 6.70. The Labute approximate surface area is 81.9 Å². The number of fused-ring (bicyclic) bond motifs is 1. The third-order valence-corrected chi connectivity index (χ3v) is 2.27. The van der Waals surface area contributed by atoms with Crippen molar-refractivity contribution in [3.05, 3.63) is 36.4 Å². The van der Waals surface area contributed by atoms with Crippen molar-refractivity contribution >= 4 is 29.0 Å². The van der Waals surface area contributed by atoms with Gasteiger partial charge >= 0.3 is 7.12 Å². The van der Waals surface area contributed by atoms with Crippen molar-refractivity contribution in [2.24, 2.45) is 0 Å². The molecule has 3 nitrogen and oxygen atoms in total. The molecule has 0 aromatic heterocycles. The van der Waals surface area contributed by atoms with Crippen LogP contribution in [-0.2, 0) is 0 Å². The fraction of sp³-hybridized carbons (Fsp3) is 0. The molecule has 2 rings (SSSR count). The molecule has 0 heterocycles. The van der Waals surface area contributed by atoms with Crippen LogP contribution in [0.25, 0.3) is 10.8 Å². The summed E-state index contributed by atoms with van der Waals surface area (Å²) in [5, 5.41) is 19.9. The average Bonchev–Trinajstić information content (AvgIpc) is 2.18. The summed E-state index contributed by atoms with van der Waals surface area (Å²) in [5.41, 5.74) is 6.89. The predicted octanol–water partition coefficient (Wildman–Crippen LogP) is 0.102. The summed E-state index contributed by atoms with van der Waals surface area (Å²) < 4.78 is 0. The van der Waals surface area contributed by atoms with Crippen LogP contribution in [0.5, 0.6) is 0 Å². The van der Waals surface area contributed by atoms with Crippen molar-refractivity contribution in [1.82, 2.24) is 0 Å². The van der Waals surface area contributed by atoms with E-state index in [1.54, 1.807) is 12.1 Å². The first-order valence-corrected chi connectivity index (χ1v) is 4.33. The fourth-order valence-corrected chi connectivity index (χ4v) is 1.57. The minimum atomic E-state index is -1.46. The second-order valence-electron chi connectivity index (χ2n) is 3.16. The van der Waals surface area contributed by atoms with Gasteiger partial charge in [-0.25, -0.2) is 0 Å². The second-order valence-corrected chi connectivity index (χ2v) is 3.16. The monoisotopic (exact) mass is 187 g/mol. The Balaban J connectivity index is 2.82. The zero-order chi connectivity index (χ0) is 10.1.